The van der Waals surface area contributed by atoms with Crippen LogP contribution in [0.5, 0.6) is 0 Å². The third kappa shape index (κ3) is 2.70. The normalized spacial score (nSPS) is 28.2. The van der Waals surface area contributed by atoms with Gasteiger partial charge in [0.1, 0.15) is 6.10 Å². The molecule has 8 heteroatoms. The van der Waals surface area contributed by atoms with Crippen LogP contribution in [0, 0.1) is 10.1 Å². The standard InChI is InChI=1S/C9H11N2O4PS/c1-14-16(17)10-6-9(15-16)7-3-2-4-8(5-7)11(12)13/h2-5,9H,6H2,1H3,(H,10,17). The minimum atomic E-state index is -2.40. The lowest BCUT2D eigenvalue weighted by molar-refractivity contribution is -0.385. The number of nitrogens with one attached hydrogen (secondary N) is 1. The predicted molar refractivity (Wildman–Crippen MR) is 66.2 cm³/mol. The molecule has 1 aliphatic heterocycles. The quantitative estimate of drug-likeness (QED) is 0.517. The van der Waals surface area contributed by atoms with Gasteiger partial charge in [0.15, 0.2) is 0 Å². The molecule has 0 aliphatic carbocycles. The molecule has 2 rings (SSSR count). The second kappa shape index (κ2) is 4.80. The van der Waals surface area contributed by atoms with Gasteiger partial charge in [-0.2, -0.15) is 0 Å². The lowest BCUT2D eigenvalue weighted by atomic mass is 10.1. The first-order chi connectivity index (χ1) is 8.04. The van der Waals surface area contributed by atoms with Gasteiger partial charge in [0.25, 0.3) is 12.3 Å². The zero-order chi connectivity index (χ0) is 12.5. The molecule has 0 saturated carbocycles. The summed E-state index contributed by atoms with van der Waals surface area (Å²) in [5.41, 5.74) is 0.777. The molecule has 17 heavy (non-hydrogen) atoms. The van der Waals surface area contributed by atoms with Crippen LogP contribution in [0.3, 0.4) is 0 Å². The number of nitro groups is 1. The molecule has 6 nitrogen and oxygen atoms in total. The van der Waals surface area contributed by atoms with E-state index in [1.165, 1.54) is 19.2 Å². The lowest BCUT2D eigenvalue weighted by Crippen LogP contribution is -2.07. The van der Waals surface area contributed by atoms with Crippen LogP contribution in [0.1, 0.15) is 11.7 Å². The van der Waals surface area contributed by atoms with Gasteiger partial charge in [-0.25, -0.2) is 5.09 Å². The Morgan fingerprint density at radius 1 is 1.71 bits per heavy atom. The van der Waals surface area contributed by atoms with Gasteiger partial charge in [0.05, 0.1) is 4.92 Å². The second-order valence-electron chi connectivity index (χ2n) is 3.49. The van der Waals surface area contributed by atoms with Crippen molar-refractivity contribution in [2.24, 2.45) is 0 Å². The SMILES string of the molecule is COP1(=S)NCC(c2cccc([N+](=O)[O-])c2)O1. The average Bonchev–Trinajstić information content (AvgIpc) is 2.73. The lowest BCUT2D eigenvalue weighted by Gasteiger charge is -2.13. The van der Waals surface area contributed by atoms with Gasteiger partial charge >= 0.3 is 0 Å². The van der Waals surface area contributed by atoms with Crippen molar-refractivity contribution in [1.29, 1.82) is 0 Å². The van der Waals surface area contributed by atoms with Crippen LogP contribution in [-0.2, 0) is 20.9 Å². The fourth-order valence-corrected chi connectivity index (χ4v) is 3.31. The number of benzene rings is 1. The van der Waals surface area contributed by atoms with Crippen LogP contribution < -0.4 is 5.09 Å². The summed E-state index contributed by atoms with van der Waals surface area (Å²) < 4.78 is 10.7. The van der Waals surface area contributed by atoms with Crippen LogP contribution in [0.25, 0.3) is 0 Å². The van der Waals surface area contributed by atoms with E-state index in [9.17, 15) is 10.1 Å². The monoisotopic (exact) mass is 274 g/mol. The zero-order valence-corrected chi connectivity index (χ0v) is 10.7. The molecular formula is C9H11N2O4PS. The van der Waals surface area contributed by atoms with Crippen molar-refractivity contribution in [3.8, 4) is 0 Å². The highest BCUT2D eigenvalue weighted by Gasteiger charge is 2.32. The van der Waals surface area contributed by atoms with Crippen molar-refractivity contribution in [1.82, 2.24) is 5.09 Å². The van der Waals surface area contributed by atoms with E-state index in [-0.39, 0.29) is 11.8 Å². The molecule has 0 radical (unpaired) electrons. The summed E-state index contributed by atoms with van der Waals surface area (Å²) >= 11 is 5.15. The van der Waals surface area contributed by atoms with E-state index in [1.807, 2.05) is 0 Å². The van der Waals surface area contributed by atoms with E-state index < -0.39 is 11.6 Å². The highest BCUT2D eigenvalue weighted by molar-refractivity contribution is 8.09. The maximum Gasteiger partial charge on any atom is 0.269 e. The molecule has 0 aromatic heterocycles. The summed E-state index contributed by atoms with van der Waals surface area (Å²) in [4.78, 5) is 10.2. The van der Waals surface area contributed by atoms with E-state index >= 15 is 0 Å². The number of non-ortho nitro benzene ring substituents is 1. The Kier molecular flexibility index (Phi) is 3.56. The molecule has 1 N–H and O–H groups in total. The van der Waals surface area contributed by atoms with E-state index in [0.717, 1.165) is 5.56 Å². The topological polar surface area (TPSA) is 73.6 Å². The van der Waals surface area contributed by atoms with Crippen LogP contribution in [0.15, 0.2) is 24.3 Å². The minimum absolute atomic E-state index is 0.0451. The molecule has 1 fully saturated rings. The van der Waals surface area contributed by atoms with Gasteiger partial charge in [0, 0.05) is 25.8 Å². The number of hydrogen-bond acceptors (Lipinski definition) is 5. The van der Waals surface area contributed by atoms with Gasteiger partial charge in [-0.05, 0) is 17.4 Å². The van der Waals surface area contributed by atoms with Gasteiger partial charge < -0.3 is 9.05 Å². The Morgan fingerprint density at radius 3 is 3.06 bits per heavy atom. The first-order valence-electron chi connectivity index (χ1n) is 4.88. The summed E-state index contributed by atoms with van der Waals surface area (Å²) in [7, 11) is 1.49. The second-order valence-corrected chi connectivity index (χ2v) is 6.82. The predicted octanol–water partition coefficient (Wildman–Crippen LogP) is 2.13. The molecule has 0 bridgehead atoms. The molecule has 2 unspecified atom stereocenters. The third-order valence-electron chi connectivity index (χ3n) is 2.43. The molecule has 1 aliphatic rings. The highest BCUT2D eigenvalue weighted by Crippen LogP contribution is 2.52. The first kappa shape index (κ1) is 12.6. The fourth-order valence-electron chi connectivity index (χ4n) is 1.56. The van der Waals surface area contributed by atoms with Crippen molar-refractivity contribution in [2.75, 3.05) is 13.7 Å². The summed E-state index contributed by atoms with van der Waals surface area (Å²) in [6.45, 7) is -1.89. The Bertz CT molecular complexity index is 496. The molecule has 1 heterocycles. The van der Waals surface area contributed by atoms with Crippen molar-refractivity contribution in [3.05, 3.63) is 39.9 Å². The smallest absolute Gasteiger partial charge is 0.269 e. The van der Waals surface area contributed by atoms with Crippen LogP contribution in [0.2, 0.25) is 0 Å². The van der Waals surface area contributed by atoms with Gasteiger partial charge in [-0.1, -0.05) is 12.1 Å². The number of rotatable bonds is 3. The Morgan fingerprint density at radius 2 is 2.47 bits per heavy atom. The molecule has 1 aromatic rings. The van der Waals surface area contributed by atoms with Crippen molar-refractivity contribution in [3.63, 3.8) is 0 Å². The Labute approximate surface area is 103 Å². The van der Waals surface area contributed by atoms with Crippen LogP contribution >= 0.6 is 6.64 Å². The maximum absolute atomic E-state index is 10.7. The van der Waals surface area contributed by atoms with Crippen molar-refractivity contribution >= 4 is 24.1 Å². The third-order valence-corrected chi connectivity index (χ3v) is 5.10. The summed E-state index contributed by atoms with van der Waals surface area (Å²) in [5, 5.41) is 13.7. The van der Waals surface area contributed by atoms with E-state index in [4.69, 9.17) is 20.9 Å². The minimum Gasteiger partial charge on any atom is -0.321 e. The van der Waals surface area contributed by atoms with Crippen LogP contribution in [0.4, 0.5) is 5.69 Å². The average molecular weight is 274 g/mol. The summed E-state index contributed by atoms with van der Waals surface area (Å²) in [6, 6.07) is 6.34. The van der Waals surface area contributed by atoms with Gasteiger partial charge in [-0.15, -0.1) is 0 Å². The highest BCUT2D eigenvalue weighted by atomic mass is 32.5. The fraction of sp³-hybridized carbons (Fsp3) is 0.333. The Hall–Kier alpha value is -0.850. The number of hydrogen-bond donors (Lipinski definition) is 1. The summed E-state index contributed by atoms with van der Waals surface area (Å²) in [5.74, 6) is 0. The van der Waals surface area contributed by atoms with Gasteiger partial charge in [-0.3, -0.25) is 10.1 Å². The van der Waals surface area contributed by atoms with E-state index in [2.05, 4.69) is 5.09 Å². The Balaban J connectivity index is 2.22. The first-order valence-corrected chi connectivity index (χ1v) is 7.51. The molecule has 2 atom stereocenters. The molecule has 0 amide bonds. The van der Waals surface area contributed by atoms with Crippen molar-refractivity contribution < 1.29 is 14.0 Å². The van der Waals surface area contributed by atoms with Crippen LogP contribution in [-0.4, -0.2) is 18.6 Å². The number of nitro benzene ring substituents is 1. The van der Waals surface area contributed by atoms with E-state index in [0.29, 0.717) is 6.54 Å². The van der Waals surface area contributed by atoms with E-state index in [1.54, 1.807) is 12.1 Å². The molecule has 1 saturated heterocycles. The number of nitrogens with zero attached hydrogens (tertiary/aromatic N) is 1. The maximum atomic E-state index is 10.7. The molecule has 1 aromatic carbocycles. The molecule has 92 valence electrons. The van der Waals surface area contributed by atoms with Gasteiger partial charge in [0.2, 0.25) is 0 Å². The summed E-state index contributed by atoms with van der Waals surface area (Å²) in [6.07, 6.45) is -0.291. The molecular weight excluding hydrogens is 263 g/mol. The zero-order valence-electron chi connectivity index (χ0n) is 9.03. The van der Waals surface area contributed by atoms with Crippen molar-refractivity contribution in [2.45, 2.75) is 6.10 Å². The molecule has 0 spiro atoms. The largest absolute Gasteiger partial charge is 0.321 e.